The second-order valence-corrected chi connectivity index (χ2v) is 10.8. The highest BCUT2D eigenvalue weighted by atomic mass is 28.3. The van der Waals surface area contributed by atoms with Crippen molar-refractivity contribution >= 4 is 8.07 Å². The lowest BCUT2D eigenvalue weighted by atomic mass is 10.4. The van der Waals surface area contributed by atoms with Crippen molar-refractivity contribution in [3.63, 3.8) is 0 Å². The van der Waals surface area contributed by atoms with E-state index in [2.05, 4.69) is 19.6 Å². The van der Waals surface area contributed by atoms with Crippen LogP contribution in [0.2, 0.25) is 25.7 Å². The van der Waals surface area contributed by atoms with Crippen LogP contribution in [0, 0.1) is 5.92 Å². The van der Waals surface area contributed by atoms with E-state index in [-0.39, 0.29) is 0 Å². The van der Waals surface area contributed by atoms with Gasteiger partial charge in [0.15, 0.2) is 0 Å². The summed E-state index contributed by atoms with van der Waals surface area (Å²) in [6.07, 6.45) is 4.10. The van der Waals surface area contributed by atoms with Gasteiger partial charge in [-0.3, -0.25) is 0 Å². The number of hydrogen-bond acceptors (Lipinski definition) is 1. The summed E-state index contributed by atoms with van der Waals surface area (Å²) >= 11 is 0. The van der Waals surface area contributed by atoms with Crippen LogP contribution in [-0.4, -0.2) is 21.3 Å². The van der Waals surface area contributed by atoms with Gasteiger partial charge in [0.05, 0.1) is 0 Å². The van der Waals surface area contributed by atoms with E-state index in [9.17, 15) is 0 Å². The van der Waals surface area contributed by atoms with Crippen LogP contribution in [-0.2, 0) is 4.74 Å². The molecule has 1 aliphatic rings. The Labute approximate surface area is 77.5 Å². The molecule has 0 aromatic rings. The van der Waals surface area contributed by atoms with Gasteiger partial charge in [-0.15, -0.1) is 0 Å². The minimum Gasteiger partial charge on any atom is -0.381 e. The highest BCUT2D eigenvalue weighted by molar-refractivity contribution is 6.76. The predicted octanol–water partition coefficient (Wildman–Crippen LogP) is 3.14. The van der Waals surface area contributed by atoms with E-state index in [0.717, 1.165) is 19.1 Å². The molecule has 1 fully saturated rings. The lowest BCUT2D eigenvalue weighted by Gasteiger charge is -2.14. The van der Waals surface area contributed by atoms with Crippen molar-refractivity contribution in [1.82, 2.24) is 0 Å². The average Bonchev–Trinajstić information content (AvgIpc) is 2.68. The van der Waals surface area contributed by atoms with Gasteiger partial charge in [0.1, 0.15) is 0 Å². The summed E-state index contributed by atoms with van der Waals surface area (Å²) in [4.78, 5) is 0. The molecule has 0 heterocycles. The third kappa shape index (κ3) is 5.78. The van der Waals surface area contributed by atoms with Crippen LogP contribution in [0.3, 0.4) is 0 Å². The molecule has 2 heteroatoms. The van der Waals surface area contributed by atoms with Gasteiger partial charge in [0.25, 0.3) is 0 Å². The molecule has 0 amide bonds. The molecule has 0 saturated heterocycles. The molecule has 0 aromatic carbocycles. The predicted molar refractivity (Wildman–Crippen MR) is 56.3 cm³/mol. The van der Waals surface area contributed by atoms with Crippen molar-refractivity contribution in [1.29, 1.82) is 0 Å². The Morgan fingerprint density at radius 3 is 2.42 bits per heavy atom. The Kier molecular flexibility index (Phi) is 3.78. The molecule has 0 aromatic heterocycles. The standard InChI is InChI=1S/C10H22OSi/c1-12(2,3)8-4-7-11-9-10-5-6-10/h10H,4-9H2,1-3H3. The van der Waals surface area contributed by atoms with Gasteiger partial charge < -0.3 is 4.74 Å². The monoisotopic (exact) mass is 186 g/mol. The Balaban J connectivity index is 1.82. The van der Waals surface area contributed by atoms with Gasteiger partial charge >= 0.3 is 0 Å². The lowest BCUT2D eigenvalue weighted by molar-refractivity contribution is 0.125. The third-order valence-electron chi connectivity index (χ3n) is 2.27. The van der Waals surface area contributed by atoms with Gasteiger partial charge in [-0.25, -0.2) is 0 Å². The molecule has 0 aliphatic heterocycles. The van der Waals surface area contributed by atoms with Crippen LogP contribution < -0.4 is 0 Å². The first-order valence-corrected chi connectivity index (χ1v) is 8.86. The molecular formula is C10H22OSi. The molecule has 0 unspecified atom stereocenters. The van der Waals surface area contributed by atoms with Crippen molar-refractivity contribution < 1.29 is 4.74 Å². The van der Waals surface area contributed by atoms with Crippen molar-refractivity contribution in [2.75, 3.05) is 13.2 Å². The molecule has 1 aliphatic carbocycles. The molecule has 1 rings (SSSR count). The van der Waals surface area contributed by atoms with Gasteiger partial charge in [-0.05, 0) is 25.2 Å². The molecular weight excluding hydrogens is 164 g/mol. The van der Waals surface area contributed by atoms with Crippen molar-refractivity contribution in [3.05, 3.63) is 0 Å². The highest BCUT2D eigenvalue weighted by Gasteiger charge is 2.21. The van der Waals surface area contributed by atoms with Crippen LogP contribution >= 0.6 is 0 Å². The van der Waals surface area contributed by atoms with Crippen molar-refractivity contribution in [2.24, 2.45) is 5.92 Å². The van der Waals surface area contributed by atoms with Gasteiger partial charge in [0, 0.05) is 21.3 Å². The van der Waals surface area contributed by atoms with Crippen LogP contribution in [0.4, 0.5) is 0 Å². The fourth-order valence-electron chi connectivity index (χ4n) is 1.24. The number of rotatable bonds is 6. The zero-order valence-corrected chi connectivity index (χ0v) is 9.73. The second kappa shape index (κ2) is 4.42. The zero-order chi connectivity index (χ0) is 9.03. The van der Waals surface area contributed by atoms with E-state index in [1.54, 1.807) is 0 Å². The first-order valence-electron chi connectivity index (χ1n) is 5.16. The maximum absolute atomic E-state index is 5.58. The fourth-order valence-corrected chi connectivity index (χ4v) is 2.44. The first-order chi connectivity index (χ1) is 5.58. The van der Waals surface area contributed by atoms with Crippen molar-refractivity contribution in [3.8, 4) is 0 Å². The molecule has 0 radical (unpaired) electrons. The summed E-state index contributed by atoms with van der Waals surface area (Å²) < 4.78 is 5.58. The van der Waals surface area contributed by atoms with Crippen LogP contribution in [0.5, 0.6) is 0 Å². The molecule has 12 heavy (non-hydrogen) atoms. The van der Waals surface area contributed by atoms with Crippen LogP contribution in [0.15, 0.2) is 0 Å². The molecule has 1 saturated carbocycles. The second-order valence-electron chi connectivity index (χ2n) is 5.18. The summed E-state index contributed by atoms with van der Waals surface area (Å²) in [5, 5.41) is 0. The Hall–Kier alpha value is 0.177. The lowest BCUT2D eigenvalue weighted by Crippen LogP contribution is -2.19. The Morgan fingerprint density at radius 1 is 1.25 bits per heavy atom. The largest absolute Gasteiger partial charge is 0.381 e. The van der Waals surface area contributed by atoms with Gasteiger partial charge in [0.2, 0.25) is 0 Å². The van der Waals surface area contributed by atoms with E-state index in [1.165, 1.54) is 25.3 Å². The summed E-state index contributed by atoms with van der Waals surface area (Å²) in [6.45, 7) is 9.31. The SMILES string of the molecule is C[Si](C)(C)CCCOCC1CC1. The van der Waals surface area contributed by atoms with Gasteiger partial charge in [-0.1, -0.05) is 25.7 Å². The number of hydrogen-bond donors (Lipinski definition) is 0. The molecule has 72 valence electrons. The summed E-state index contributed by atoms with van der Waals surface area (Å²) in [5.74, 6) is 0.928. The Morgan fingerprint density at radius 2 is 1.92 bits per heavy atom. The van der Waals surface area contributed by atoms with Crippen molar-refractivity contribution in [2.45, 2.75) is 44.9 Å². The minimum atomic E-state index is -0.799. The summed E-state index contributed by atoms with van der Waals surface area (Å²) in [6, 6.07) is 1.41. The maximum Gasteiger partial charge on any atom is 0.0494 e. The molecule has 0 atom stereocenters. The van der Waals surface area contributed by atoms with Gasteiger partial charge in [-0.2, -0.15) is 0 Å². The third-order valence-corrected chi connectivity index (χ3v) is 4.12. The fraction of sp³-hybridized carbons (Fsp3) is 1.00. The van der Waals surface area contributed by atoms with E-state index >= 15 is 0 Å². The highest BCUT2D eigenvalue weighted by Crippen LogP contribution is 2.28. The summed E-state index contributed by atoms with van der Waals surface area (Å²) in [5.41, 5.74) is 0. The smallest absolute Gasteiger partial charge is 0.0494 e. The molecule has 0 N–H and O–H groups in total. The quantitative estimate of drug-likeness (QED) is 0.457. The number of ether oxygens (including phenoxy) is 1. The zero-order valence-electron chi connectivity index (χ0n) is 8.73. The maximum atomic E-state index is 5.58. The van der Waals surface area contributed by atoms with E-state index in [0.29, 0.717) is 0 Å². The Bertz CT molecular complexity index is 124. The van der Waals surface area contributed by atoms with E-state index < -0.39 is 8.07 Å². The molecule has 0 bridgehead atoms. The van der Waals surface area contributed by atoms with Crippen LogP contribution in [0.25, 0.3) is 0 Å². The normalized spacial score (nSPS) is 18.2. The first kappa shape index (κ1) is 10.3. The van der Waals surface area contributed by atoms with E-state index in [4.69, 9.17) is 4.74 Å². The van der Waals surface area contributed by atoms with E-state index in [1.807, 2.05) is 0 Å². The topological polar surface area (TPSA) is 9.23 Å². The van der Waals surface area contributed by atoms with Crippen LogP contribution in [0.1, 0.15) is 19.3 Å². The molecule has 1 nitrogen and oxygen atoms in total. The average molecular weight is 186 g/mol. The molecule has 0 spiro atoms. The summed E-state index contributed by atoms with van der Waals surface area (Å²) in [7, 11) is -0.799. The minimum absolute atomic E-state index is 0.799.